The maximum atomic E-state index is 6.84. The average Bonchev–Trinajstić information content (AvgIpc) is 2.03. The van der Waals surface area contributed by atoms with Crippen molar-refractivity contribution in [2.75, 3.05) is 6.54 Å². The minimum absolute atomic E-state index is 0.834. The van der Waals surface area contributed by atoms with Crippen molar-refractivity contribution < 1.29 is 0 Å². The van der Waals surface area contributed by atoms with Gasteiger partial charge in [0, 0.05) is 12.7 Å². The Morgan fingerprint density at radius 3 is 2.55 bits per heavy atom. The minimum Gasteiger partial charge on any atom is -0.255 e. The second kappa shape index (κ2) is 5.89. The van der Waals surface area contributed by atoms with Crippen LogP contribution in [0.4, 0.5) is 0 Å². The maximum Gasteiger partial charge on any atom is 0.0423 e. The van der Waals surface area contributed by atoms with Gasteiger partial charge in [-0.05, 0) is 19.8 Å². The zero-order valence-corrected chi connectivity index (χ0v) is 7.59. The fourth-order valence-electron chi connectivity index (χ4n) is 0.718. The van der Waals surface area contributed by atoms with Gasteiger partial charge < -0.3 is 0 Å². The Labute approximate surface area is 68.6 Å². The first kappa shape index (κ1) is 10.1. The van der Waals surface area contributed by atoms with Crippen molar-refractivity contribution in [1.82, 2.24) is 5.01 Å². The average molecular weight is 155 g/mol. The van der Waals surface area contributed by atoms with E-state index in [-0.39, 0.29) is 0 Å². The van der Waals surface area contributed by atoms with Gasteiger partial charge in [0.05, 0.1) is 0 Å². The molecule has 1 N–H and O–H groups in total. The normalized spacial score (nSPS) is 11.4. The van der Waals surface area contributed by atoms with Crippen molar-refractivity contribution in [2.45, 2.75) is 33.6 Å². The number of allylic oxidation sites excluding steroid dienone is 1. The van der Waals surface area contributed by atoms with Gasteiger partial charge in [0.15, 0.2) is 0 Å². The van der Waals surface area contributed by atoms with Gasteiger partial charge in [-0.25, -0.2) is 0 Å². The molecule has 0 rings (SSSR count). The predicted octanol–water partition coefficient (Wildman–Crippen LogP) is 2.96. The molecule has 0 aromatic heterocycles. The summed E-state index contributed by atoms with van der Waals surface area (Å²) in [6.45, 7) is 7.06. The molecule has 3 nitrogen and oxygen atoms in total. The van der Waals surface area contributed by atoms with E-state index in [0.717, 1.165) is 19.4 Å². The first-order chi connectivity index (χ1) is 5.24. The van der Waals surface area contributed by atoms with Crippen molar-refractivity contribution in [1.29, 1.82) is 5.53 Å². The minimum atomic E-state index is 0.834. The van der Waals surface area contributed by atoms with Crippen LogP contribution in [0.1, 0.15) is 33.6 Å². The molecule has 0 saturated heterocycles. The second-order valence-electron chi connectivity index (χ2n) is 2.59. The number of rotatable bonds is 5. The van der Waals surface area contributed by atoms with Crippen molar-refractivity contribution in [3.8, 4) is 0 Å². The van der Waals surface area contributed by atoms with E-state index in [1.807, 2.05) is 13.1 Å². The number of nitrogens with one attached hydrogen (secondary N) is 1. The summed E-state index contributed by atoms with van der Waals surface area (Å²) < 4.78 is 0. The smallest absolute Gasteiger partial charge is 0.0423 e. The lowest BCUT2D eigenvalue weighted by molar-refractivity contribution is 0.358. The molecular formula is C8H17N3. The van der Waals surface area contributed by atoms with Gasteiger partial charge in [-0.3, -0.25) is 5.01 Å². The van der Waals surface area contributed by atoms with Crippen LogP contribution in [0.2, 0.25) is 0 Å². The maximum absolute atomic E-state index is 6.84. The first-order valence-corrected chi connectivity index (χ1v) is 4.05. The summed E-state index contributed by atoms with van der Waals surface area (Å²) in [6, 6.07) is 0. The van der Waals surface area contributed by atoms with Crippen molar-refractivity contribution >= 4 is 0 Å². The second-order valence-corrected chi connectivity index (χ2v) is 2.59. The molecule has 0 aliphatic rings. The van der Waals surface area contributed by atoms with Gasteiger partial charge in [-0.1, -0.05) is 24.6 Å². The zero-order chi connectivity index (χ0) is 8.69. The third kappa shape index (κ3) is 4.53. The zero-order valence-electron chi connectivity index (χ0n) is 7.59. The van der Waals surface area contributed by atoms with Crippen LogP contribution in [0.15, 0.2) is 17.0 Å². The van der Waals surface area contributed by atoms with Crippen LogP contribution in [0.3, 0.4) is 0 Å². The molecule has 0 aromatic carbocycles. The van der Waals surface area contributed by atoms with Gasteiger partial charge in [-0.2, -0.15) is 5.53 Å². The van der Waals surface area contributed by atoms with Crippen LogP contribution < -0.4 is 0 Å². The van der Waals surface area contributed by atoms with Crippen LogP contribution in [0.25, 0.3) is 0 Å². The molecule has 0 fully saturated rings. The largest absolute Gasteiger partial charge is 0.255 e. The highest BCUT2D eigenvalue weighted by Crippen LogP contribution is 2.02. The van der Waals surface area contributed by atoms with Gasteiger partial charge in [-0.15, -0.1) is 0 Å². The van der Waals surface area contributed by atoms with Crippen LogP contribution >= 0.6 is 0 Å². The Kier molecular flexibility index (Phi) is 5.43. The standard InChI is InChI=1S/C8H17N3/c1-4-6-11(10-9)7-8(3)5-2/h7,9H,4-6H2,1-3H3/b8-7+,10-9?. The molecule has 0 heterocycles. The lowest BCUT2D eigenvalue weighted by Crippen LogP contribution is -2.09. The molecule has 0 atom stereocenters. The van der Waals surface area contributed by atoms with Gasteiger partial charge in [0.1, 0.15) is 0 Å². The molecule has 0 spiro atoms. The monoisotopic (exact) mass is 155 g/mol. The summed E-state index contributed by atoms with van der Waals surface area (Å²) in [5, 5.41) is 5.04. The quantitative estimate of drug-likeness (QED) is 0.481. The molecule has 0 aromatic rings. The van der Waals surface area contributed by atoms with Crippen molar-refractivity contribution in [2.24, 2.45) is 5.22 Å². The first-order valence-electron chi connectivity index (χ1n) is 4.05. The van der Waals surface area contributed by atoms with Crippen molar-refractivity contribution in [3.63, 3.8) is 0 Å². The highest BCUT2D eigenvalue weighted by atomic mass is 15.5. The fraction of sp³-hybridized carbons (Fsp3) is 0.750. The molecule has 11 heavy (non-hydrogen) atoms. The summed E-state index contributed by atoms with van der Waals surface area (Å²) in [7, 11) is 0. The molecule has 64 valence electrons. The summed E-state index contributed by atoms with van der Waals surface area (Å²) in [5.74, 6) is 0. The highest BCUT2D eigenvalue weighted by Gasteiger charge is 1.93. The SMILES string of the molecule is CCCN(/C=C(\C)CC)N=N. The van der Waals surface area contributed by atoms with Crippen LogP contribution in [-0.2, 0) is 0 Å². The van der Waals surface area contributed by atoms with Crippen LogP contribution in [-0.4, -0.2) is 11.6 Å². The molecule has 0 bridgehead atoms. The molecule has 0 saturated carbocycles. The molecule has 0 aliphatic heterocycles. The van der Waals surface area contributed by atoms with Gasteiger partial charge in [0.25, 0.3) is 0 Å². The lowest BCUT2D eigenvalue weighted by Gasteiger charge is -2.11. The van der Waals surface area contributed by atoms with Crippen LogP contribution in [0, 0.1) is 5.53 Å². The van der Waals surface area contributed by atoms with Crippen molar-refractivity contribution in [3.05, 3.63) is 11.8 Å². The van der Waals surface area contributed by atoms with E-state index < -0.39 is 0 Å². The Hall–Kier alpha value is -0.860. The van der Waals surface area contributed by atoms with E-state index in [0.29, 0.717) is 0 Å². The number of hydrogen-bond donors (Lipinski definition) is 1. The topological polar surface area (TPSA) is 39.5 Å². The van der Waals surface area contributed by atoms with E-state index in [4.69, 9.17) is 5.53 Å². The molecular weight excluding hydrogens is 138 g/mol. The van der Waals surface area contributed by atoms with Gasteiger partial charge >= 0.3 is 0 Å². The van der Waals surface area contributed by atoms with Crippen LogP contribution in [0.5, 0.6) is 0 Å². The fourth-order valence-corrected chi connectivity index (χ4v) is 0.718. The van der Waals surface area contributed by atoms with E-state index >= 15 is 0 Å². The summed E-state index contributed by atoms with van der Waals surface area (Å²) in [5.41, 5.74) is 8.10. The van der Waals surface area contributed by atoms with E-state index in [2.05, 4.69) is 19.1 Å². The third-order valence-corrected chi connectivity index (χ3v) is 1.51. The molecule has 0 amide bonds. The van der Waals surface area contributed by atoms with Gasteiger partial charge in [0.2, 0.25) is 0 Å². The molecule has 3 heteroatoms. The van der Waals surface area contributed by atoms with E-state index in [1.165, 1.54) is 5.57 Å². The molecule has 0 unspecified atom stereocenters. The Bertz CT molecular complexity index is 140. The van der Waals surface area contributed by atoms with E-state index in [1.54, 1.807) is 5.01 Å². The third-order valence-electron chi connectivity index (χ3n) is 1.51. The summed E-state index contributed by atoms with van der Waals surface area (Å²) >= 11 is 0. The summed E-state index contributed by atoms with van der Waals surface area (Å²) in [4.78, 5) is 0. The Morgan fingerprint density at radius 2 is 2.18 bits per heavy atom. The lowest BCUT2D eigenvalue weighted by atomic mass is 10.2. The molecule has 0 aliphatic carbocycles. The highest BCUT2D eigenvalue weighted by molar-refractivity contribution is 4.95. The Balaban J connectivity index is 3.94. The number of hydrogen-bond acceptors (Lipinski definition) is 2. The number of nitrogens with zero attached hydrogens (tertiary/aromatic N) is 2. The summed E-state index contributed by atoms with van der Waals surface area (Å²) in [6.07, 6.45) is 3.97. The Morgan fingerprint density at radius 1 is 1.55 bits per heavy atom. The predicted molar refractivity (Wildman–Crippen MR) is 46.2 cm³/mol. The van der Waals surface area contributed by atoms with E-state index in [9.17, 15) is 0 Å². The molecule has 0 radical (unpaired) electrons.